The molecule has 0 aromatic rings. The third-order valence-corrected chi connectivity index (χ3v) is 4.89. The Balaban J connectivity index is 2.91. The van der Waals surface area contributed by atoms with Gasteiger partial charge in [-0.2, -0.15) is 0 Å². The summed E-state index contributed by atoms with van der Waals surface area (Å²) in [6.45, 7) is 0.188. The molecule has 0 saturated carbocycles. The molecular formula is C18H28N6O9. The summed E-state index contributed by atoms with van der Waals surface area (Å²) >= 11 is 0. The molecule has 0 spiro atoms. The first-order valence-corrected chi connectivity index (χ1v) is 10.0. The van der Waals surface area contributed by atoms with Crippen LogP contribution in [-0.4, -0.2) is 87.3 Å². The van der Waals surface area contributed by atoms with Gasteiger partial charge >= 0.3 is 11.9 Å². The van der Waals surface area contributed by atoms with Gasteiger partial charge in [-0.1, -0.05) is 0 Å². The molecule has 0 bridgehead atoms. The molecule has 184 valence electrons. The molecule has 5 amide bonds. The fraction of sp³-hybridized carbons (Fsp3) is 0.611. The average Bonchev–Trinajstić information content (AvgIpc) is 3.19. The Kier molecular flexibility index (Phi) is 10.2. The van der Waals surface area contributed by atoms with Crippen LogP contribution in [0.5, 0.6) is 0 Å². The zero-order chi connectivity index (χ0) is 25.3. The molecule has 0 aliphatic carbocycles. The van der Waals surface area contributed by atoms with Crippen molar-refractivity contribution < 1.29 is 43.8 Å². The number of rotatable bonds is 13. The highest BCUT2D eigenvalue weighted by molar-refractivity contribution is 5.96. The number of amides is 5. The Hall–Kier alpha value is -3.75. The Morgan fingerprint density at radius 2 is 1.58 bits per heavy atom. The predicted molar refractivity (Wildman–Crippen MR) is 109 cm³/mol. The van der Waals surface area contributed by atoms with Gasteiger partial charge in [0.15, 0.2) is 0 Å². The van der Waals surface area contributed by atoms with Gasteiger partial charge in [0.2, 0.25) is 29.5 Å². The lowest BCUT2D eigenvalue weighted by Crippen LogP contribution is -2.57. The molecule has 10 N–H and O–H groups in total. The molecule has 1 aliphatic heterocycles. The molecular weight excluding hydrogens is 444 g/mol. The van der Waals surface area contributed by atoms with E-state index in [4.69, 9.17) is 27.4 Å². The van der Waals surface area contributed by atoms with Crippen molar-refractivity contribution in [3.05, 3.63) is 0 Å². The minimum Gasteiger partial charge on any atom is -0.481 e. The number of carbonyl (C=O) groups excluding carboxylic acids is 5. The van der Waals surface area contributed by atoms with Crippen LogP contribution >= 0.6 is 0 Å². The van der Waals surface area contributed by atoms with Crippen LogP contribution < -0.4 is 27.8 Å². The Labute approximate surface area is 188 Å². The summed E-state index contributed by atoms with van der Waals surface area (Å²) in [4.78, 5) is 83.3. The SMILES string of the molecule is NC(=O)CCC(N)C(=O)N1CCCC1C(=O)NC(CC(N)=O)C(=O)NC(CC(=O)O)C(=O)O. The molecule has 0 aromatic heterocycles. The summed E-state index contributed by atoms with van der Waals surface area (Å²) in [7, 11) is 0. The number of aliphatic carboxylic acids is 2. The van der Waals surface area contributed by atoms with Gasteiger partial charge in [-0.05, 0) is 19.3 Å². The van der Waals surface area contributed by atoms with E-state index in [0.29, 0.717) is 6.42 Å². The summed E-state index contributed by atoms with van der Waals surface area (Å²) in [6, 6.07) is -5.53. The minimum absolute atomic E-state index is 0.0220. The van der Waals surface area contributed by atoms with Crippen LogP contribution in [0, 0.1) is 0 Å². The van der Waals surface area contributed by atoms with Gasteiger partial charge in [-0.3, -0.25) is 28.8 Å². The first kappa shape index (κ1) is 27.3. The second kappa shape index (κ2) is 12.3. The smallest absolute Gasteiger partial charge is 0.326 e. The van der Waals surface area contributed by atoms with E-state index in [-0.39, 0.29) is 25.8 Å². The number of nitrogens with two attached hydrogens (primary N) is 3. The molecule has 1 heterocycles. The van der Waals surface area contributed by atoms with Gasteiger partial charge in [0.25, 0.3) is 0 Å². The molecule has 33 heavy (non-hydrogen) atoms. The van der Waals surface area contributed by atoms with Crippen LogP contribution in [0.4, 0.5) is 0 Å². The molecule has 4 unspecified atom stereocenters. The van der Waals surface area contributed by atoms with Crippen LogP contribution in [0.15, 0.2) is 0 Å². The number of primary amides is 2. The monoisotopic (exact) mass is 472 g/mol. The van der Waals surface area contributed by atoms with E-state index in [2.05, 4.69) is 5.32 Å². The van der Waals surface area contributed by atoms with Crippen molar-refractivity contribution in [1.82, 2.24) is 15.5 Å². The lowest BCUT2D eigenvalue weighted by molar-refractivity contribution is -0.147. The quantitative estimate of drug-likeness (QED) is 0.136. The normalized spacial score (nSPS) is 18.0. The van der Waals surface area contributed by atoms with Crippen molar-refractivity contribution in [1.29, 1.82) is 0 Å². The highest BCUT2D eigenvalue weighted by Crippen LogP contribution is 2.19. The first-order valence-electron chi connectivity index (χ1n) is 10.0. The fourth-order valence-electron chi connectivity index (χ4n) is 3.26. The van der Waals surface area contributed by atoms with Crippen molar-refractivity contribution in [3.63, 3.8) is 0 Å². The van der Waals surface area contributed by atoms with E-state index in [0.717, 1.165) is 0 Å². The molecule has 1 aliphatic rings. The summed E-state index contributed by atoms with van der Waals surface area (Å²) < 4.78 is 0. The van der Waals surface area contributed by atoms with Gasteiger partial charge < -0.3 is 42.9 Å². The molecule has 15 heteroatoms. The Bertz CT molecular complexity index is 817. The van der Waals surface area contributed by atoms with Crippen LogP contribution in [0.1, 0.15) is 38.5 Å². The predicted octanol–water partition coefficient (Wildman–Crippen LogP) is -4.03. The summed E-state index contributed by atoms with van der Waals surface area (Å²) in [6.07, 6.45) is -1.12. The number of hydrogen-bond acceptors (Lipinski definition) is 8. The number of carboxylic acids is 2. The van der Waals surface area contributed by atoms with Crippen LogP contribution in [0.3, 0.4) is 0 Å². The Morgan fingerprint density at radius 1 is 0.939 bits per heavy atom. The second-order valence-electron chi connectivity index (χ2n) is 7.53. The van der Waals surface area contributed by atoms with E-state index in [1.807, 2.05) is 5.32 Å². The second-order valence-corrected chi connectivity index (χ2v) is 7.53. The highest BCUT2D eigenvalue weighted by Gasteiger charge is 2.38. The largest absolute Gasteiger partial charge is 0.481 e. The molecule has 0 radical (unpaired) electrons. The number of likely N-dealkylation sites (tertiary alicyclic amines) is 1. The van der Waals surface area contributed by atoms with Crippen molar-refractivity contribution in [2.45, 2.75) is 62.7 Å². The van der Waals surface area contributed by atoms with Gasteiger partial charge in [-0.15, -0.1) is 0 Å². The van der Waals surface area contributed by atoms with E-state index in [1.54, 1.807) is 0 Å². The first-order chi connectivity index (χ1) is 15.3. The third-order valence-electron chi connectivity index (χ3n) is 4.89. The maximum Gasteiger partial charge on any atom is 0.326 e. The van der Waals surface area contributed by atoms with Crippen LogP contribution in [-0.2, 0) is 33.6 Å². The fourth-order valence-corrected chi connectivity index (χ4v) is 3.26. The lowest BCUT2D eigenvalue weighted by Gasteiger charge is -2.28. The maximum absolute atomic E-state index is 12.8. The van der Waals surface area contributed by atoms with Crippen LogP contribution in [0.25, 0.3) is 0 Å². The number of hydrogen-bond donors (Lipinski definition) is 7. The van der Waals surface area contributed by atoms with E-state index < -0.39 is 78.5 Å². The van der Waals surface area contributed by atoms with E-state index in [1.165, 1.54) is 4.90 Å². The van der Waals surface area contributed by atoms with E-state index >= 15 is 0 Å². The maximum atomic E-state index is 12.8. The molecule has 1 fully saturated rings. The summed E-state index contributed by atoms with van der Waals surface area (Å²) in [5.41, 5.74) is 15.9. The zero-order valence-corrected chi connectivity index (χ0v) is 17.7. The number of nitrogens with zero attached hydrogens (tertiary/aromatic N) is 1. The van der Waals surface area contributed by atoms with Gasteiger partial charge in [-0.25, -0.2) is 4.79 Å². The summed E-state index contributed by atoms with van der Waals surface area (Å²) in [5.74, 6) is -7.31. The third kappa shape index (κ3) is 8.72. The van der Waals surface area contributed by atoms with Crippen molar-refractivity contribution in [2.24, 2.45) is 17.2 Å². The Morgan fingerprint density at radius 3 is 2.09 bits per heavy atom. The average molecular weight is 472 g/mol. The molecule has 1 rings (SSSR count). The van der Waals surface area contributed by atoms with Crippen molar-refractivity contribution in [3.8, 4) is 0 Å². The topological polar surface area (TPSA) is 265 Å². The number of nitrogens with one attached hydrogen (secondary N) is 2. The standard InChI is InChI=1S/C18H28N6O9/c19-8(3-4-12(20)25)17(31)24-5-1-2-11(24)16(30)22-9(6-13(21)26)15(29)23-10(18(32)33)7-14(27)28/h8-11H,1-7,19H2,(H2,20,25)(H2,21,26)(H,22,30)(H,23,29)(H,27,28)(H,32,33). The highest BCUT2D eigenvalue weighted by atomic mass is 16.4. The summed E-state index contributed by atoms with van der Waals surface area (Å²) in [5, 5.41) is 22.1. The van der Waals surface area contributed by atoms with Crippen LogP contribution in [0.2, 0.25) is 0 Å². The number of carbonyl (C=O) groups is 7. The molecule has 0 aromatic carbocycles. The lowest BCUT2D eigenvalue weighted by atomic mass is 10.1. The zero-order valence-electron chi connectivity index (χ0n) is 17.7. The van der Waals surface area contributed by atoms with Gasteiger partial charge in [0.05, 0.1) is 18.9 Å². The molecule has 15 nitrogen and oxygen atoms in total. The van der Waals surface area contributed by atoms with Gasteiger partial charge in [0.1, 0.15) is 18.1 Å². The minimum atomic E-state index is -1.81. The van der Waals surface area contributed by atoms with Crippen molar-refractivity contribution >= 4 is 41.5 Å². The molecule has 1 saturated heterocycles. The molecule has 4 atom stereocenters. The van der Waals surface area contributed by atoms with Gasteiger partial charge in [0, 0.05) is 13.0 Å². The number of carboxylic acid groups (broad SMARTS) is 2. The van der Waals surface area contributed by atoms with Crippen molar-refractivity contribution in [2.75, 3.05) is 6.54 Å². The van der Waals surface area contributed by atoms with E-state index in [9.17, 15) is 33.6 Å².